The lowest BCUT2D eigenvalue weighted by molar-refractivity contribution is -0.0131. The van der Waals surface area contributed by atoms with Gasteiger partial charge in [-0.05, 0) is 19.8 Å². The maximum absolute atomic E-state index is 5.49. The first-order chi connectivity index (χ1) is 11.2. The maximum Gasteiger partial charge on any atom is 0.254 e. The van der Waals surface area contributed by atoms with Gasteiger partial charge in [0.15, 0.2) is 0 Å². The molecule has 0 amide bonds. The van der Waals surface area contributed by atoms with Gasteiger partial charge in [0, 0.05) is 36.9 Å². The van der Waals surface area contributed by atoms with E-state index in [9.17, 15) is 0 Å². The highest BCUT2D eigenvalue weighted by molar-refractivity contribution is 5.45. The summed E-state index contributed by atoms with van der Waals surface area (Å²) in [6.45, 7) is 11.1. The van der Waals surface area contributed by atoms with Crippen molar-refractivity contribution in [3.05, 3.63) is 18.1 Å². The summed E-state index contributed by atoms with van der Waals surface area (Å²) in [5.41, 5.74) is 1.12. The standard InChI is InChI=1S/C16H26N6O/c1-4-13-10-14(22-15(20-13)18-12-19-22)17-11-16(3,5-2)21-6-8-23-9-7-21/h10,12,17H,4-9,11H2,1-3H3/t16-/m0/s1. The molecule has 1 atom stereocenters. The van der Waals surface area contributed by atoms with Crippen LogP contribution in [0.4, 0.5) is 5.82 Å². The Bertz CT molecular complexity index is 651. The molecule has 7 nitrogen and oxygen atoms in total. The molecule has 0 unspecified atom stereocenters. The summed E-state index contributed by atoms with van der Waals surface area (Å²) in [5.74, 6) is 1.61. The summed E-state index contributed by atoms with van der Waals surface area (Å²) >= 11 is 0. The van der Waals surface area contributed by atoms with Gasteiger partial charge in [-0.3, -0.25) is 4.90 Å². The van der Waals surface area contributed by atoms with E-state index in [4.69, 9.17) is 4.74 Å². The number of rotatable bonds is 6. The molecule has 7 heteroatoms. The first kappa shape index (κ1) is 16.1. The van der Waals surface area contributed by atoms with Crippen LogP contribution in [0.5, 0.6) is 0 Å². The fourth-order valence-corrected chi connectivity index (χ4v) is 3.01. The third-order valence-corrected chi connectivity index (χ3v) is 4.85. The van der Waals surface area contributed by atoms with E-state index in [-0.39, 0.29) is 5.54 Å². The Kier molecular flexibility index (Phi) is 4.77. The molecule has 1 saturated heterocycles. The zero-order valence-corrected chi connectivity index (χ0v) is 14.2. The zero-order valence-electron chi connectivity index (χ0n) is 14.2. The minimum absolute atomic E-state index is 0.0896. The smallest absolute Gasteiger partial charge is 0.254 e. The SMILES string of the molecule is CCc1cc(NC[C@](C)(CC)N2CCOCC2)n2ncnc2n1. The molecule has 3 heterocycles. The Hall–Kier alpha value is -1.73. The van der Waals surface area contributed by atoms with Crippen molar-refractivity contribution in [1.82, 2.24) is 24.5 Å². The van der Waals surface area contributed by atoms with Crippen LogP contribution in [0.15, 0.2) is 12.4 Å². The number of hydrogen-bond acceptors (Lipinski definition) is 6. The van der Waals surface area contributed by atoms with Crippen molar-refractivity contribution < 1.29 is 4.74 Å². The number of aryl methyl sites for hydroxylation is 1. The van der Waals surface area contributed by atoms with Crippen LogP contribution >= 0.6 is 0 Å². The quantitative estimate of drug-likeness (QED) is 0.872. The Balaban J connectivity index is 1.79. The normalized spacial score (nSPS) is 18.9. The number of anilines is 1. The molecule has 126 valence electrons. The van der Waals surface area contributed by atoms with Gasteiger partial charge in [-0.2, -0.15) is 14.6 Å². The molecule has 1 fully saturated rings. The average Bonchev–Trinajstić information content (AvgIpc) is 3.08. The van der Waals surface area contributed by atoms with Crippen LogP contribution in [0.2, 0.25) is 0 Å². The molecular weight excluding hydrogens is 292 g/mol. The van der Waals surface area contributed by atoms with Crippen molar-refractivity contribution in [3.63, 3.8) is 0 Å². The molecule has 0 aromatic carbocycles. The predicted molar refractivity (Wildman–Crippen MR) is 89.7 cm³/mol. The summed E-state index contributed by atoms with van der Waals surface area (Å²) in [4.78, 5) is 11.2. The molecular formula is C16H26N6O. The number of hydrogen-bond donors (Lipinski definition) is 1. The molecule has 2 aromatic rings. The second-order valence-corrected chi connectivity index (χ2v) is 6.26. The van der Waals surface area contributed by atoms with Crippen molar-refractivity contribution in [2.45, 2.75) is 39.2 Å². The van der Waals surface area contributed by atoms with Gasteiger partial charge in [0.1, 0.15) is 12.1 Å². The minimum atomic E-state index is 0.0896. The highest BCUT2D eigenvalue weighted by Crippen LogP contribution is 2.22. The van der Waals surface area contributed by atoms with E-state index in [1.807, 2.05) is 0 Å². The topological polar surface area (TPSA) is 67.6 Å². The van der Waals surface area contributed by atoms with Gasteiger partial charge in [0.05, 0.1) is 13.2 Å². The van der Waals surface area contributed by atoms with Gasteiger partial charge in [0.25, 0.3) is 5.78 Å². The van der Waals surface area contributed by atoms with Crippen LogP contribution in [-0.4, -0.2) is 62.9 Å². The van der Waals surface area contributed by atoms with Crippen LogP contribution in [-0.2, 0) is 11.2 Å². The minimum Gasteiger partial charge on any atom is -0.379 e. The molecule has 1 aliphatic heterocycles. The molecule has 23 heavy (non-hydrogen) atoms. The fourth-order valence-electron chi connectivity index (χ4n) is 3.01. The summed E-state index contributed by atoms with van der Waals surface area (Å²) in [5, 5.41) is 7.86. The molecule has 0 spiro atoms. The molecule has 0 saturated carbocycles. The number of nitrogens with one attached hydrogen (secondary N) is 1. The highest BCUT2D eigenvalue weighted by Gasteiger charge is 2.31. The molecule has 0 radical (unpaired) electrons. The van der Waals surface area contributed by atoms with Crippen molar-refractivity contribution in [2.24, 2.45) is 0 Å². The summed E-state index contributed by atoms with van der Waals surface area (Å²) in [6.07, 6.45) is 3.51. The van der Waals surface area contributed by atoms with Gasteiger partial charge in [-0.15, -0.1) is 0 Å². The lowest BCUT2D eigenvalue weighted by Crippen LogP contribution is -2.55. The molecule has 1 aliphatic rings. The number of nitrogens with zero attached hydrogens (tertiary/aromatic N) is 5. The van der Waals surface area contributed by atoms with E-state index in [2.05, 4.69) is 52.1 Å². The Morgan fingerprint density at radius 1 is 1.30 bits per heavy atom. The fraction of sp³-hybridized carbons (Fsp3) is 0.688. The number of ether oxygens (including phenoxy) is 1. The second kappa shape index (κ2) is 6.80. The van der Waals surface area contributed by atoms with E-state index in [1.54, 1.807) is 10.8 Å². The summed E-state index contributed by atoms with van der Waals surface area (Å²) in [6, 6.07) is 2.07. The van der Waals surface area contributed by atoms with E-state index in [0.29, 0.717) is 5.78 Å². The molecule has 0 aliphatic carbocycles. The van der Waals surface area contributed by atoms with E-state index < -0.39 is 0 Å². The number of aromatic nitrogens is 4. The lowest BCUT2D eigenvalue weighted by atomic mass is 9.95. The predicted octanol–water partition coefficient (Wildman–Crippen LogP) is 1.60. The van der Waals surface area contributed by atoms with E-state index in [1.165, 1.54) is 0 Å². The molecule has 1 N–H and O–H groups in total. The highest BCUT2D eigenvalue weighted by atomic mass is 16.5. The van der Waals surface area contributed by atoms with Crippen LogP contribution in [0, 0.1) is 0 Å². The van der Waals surface area contributed by atoms with Gasteiger partial charge in [-0.25, -0.2) is 4.98 Å². The van der Waals surface area contributed by atoms with Crippen molar-refractivity contribution in [3.8, 4) is 0 Å². The first-order valence-electron chi connectivity index (χ1n) is 8.42. The van der Waals surface area contributed by atoms with Gasteiger partial charge in [-0.1, -0.05) is 13.8 Å². The summed E-state index contributed by atoms with van der Waals surface area (Å²) in [7, 11) is 0. The van der Waals surface area contributed by atoms with Crippen LogP contribution in [0.25, 0.3) is 5.78 Å². The number of fused-ring (bicyclic) bond motifs is 1. The van der Waals surface area contributed by atoms with Crippen molar-refractivity contribution in [1.29, 1.82) is 0 Å². The van der Waals surface area contributed by atoms with Gasteiger partial charge < -0.3 is 10.1 Å². The molecule has 3 rings (SSSR count). The van der Waals surface area contributed by atoms with E-state index >= 15 is 0 Å². The van der Waals surface area contributed by atoms with Crippen LogP contribution in [0.3, 0.4) is 0 Å². The van der Waals surface area contributed by atoms with Crippen LogP contribution in [0.1, 0.15) is 32.9 Å². The van der Waals surface area contributed by atoms with Gasteiger partial charge >= 0.3 is 0 Å². The van der Waals surface area contributed by atoms with Crippen molar-refractivity contribution >= 4 is 11.6 Å². The summed E-state index contributed by atoms with van der Waals surface area (Å²) < 4.78 is 7.26. The third-order valence-electron chi connectivity index (χ3n) is 4.85. The molecule has 0 bridgehead atoms. The Labute approximate surface area is 137 Å². The first-order valence-corrected chi connectivity index (χ1v) is 8.42. The Morgan fingerprint density at radius 3 is 2.78 bits per heavy atom. The zero-order chi connectivity index (χ0) is 16.3. The number of morpholine rings is 1. The average molecular weight is 318 g/mol. The monoisotopic (exact) mass is 318 g/mol. The largest absolute Gasteiger partial charge is 0.379 e. The maximum atomic E-state index is 5.49. The van der Waals surface area contributed by atoms with E-state index in [0.717, 1.165) is 57.2 Å². The molecule has 2 aromatic heterocycles. The third kappa shape index (κ3) is 3.30. The van der Waals surface area contributed by atoms with Crippen LogP contribution < -0.4 is 5.32 Å². The lowest BCUT2D eigenvalue weighted by Gasteiger charge is -2.43. The van der Waals surface area contributed by atoms with Gasteiger partial charge in [0.2, 0.25) is 0 Å². The Morgan fingerprint density at radius 2 is 2.09 bits per heavy atom. The second-order valence-electron chi connectivity index (χ2n) is 6.26. The van der Waals surface area contributed by atoms with Crippen molar-refractivity contribution in [2.75, 3.05) is 38.2 Å².